The zero-order chi connectivity index (χ0) is 17.4. The predicted octanol–water partition coefficient (Wildman–Crippen LogP) is 2.19. The summed E-state index contributed by atoms with van der Waals surface area (Å²) in [6, 6.07) is 5.29. The van der Waals surface area contributed by atoms with E-state index in [0.29, 0.717) is 18.5 Å². The lowest BCUT2D eigenvalue weighted by Crippen LogP contribution is -2.44. The number of carbonyl (C=O) groups is 3. The van der Waals surface area contributed by atoms with Crippen LogP contribution >= 0.6 is 0 Å². The smallest absolute Gasteiger partial charge is 0.246 e. The second-order valence-corrected chi connectivity index (χ2v) is 5.65. The summed E-state index contributed by atoms with van der Waals surface area (Å²) in [7, 11) is 0. The number of carbonyl (C=O) groups excluding carboxylic acids is 3. The lowest BCUT2D eigenvalue weighted by molar-refractivity contribution is -0.124. The van der Waals surface area contributed by atoms with Crippen molar-refractivity contribution in [3.05, 3.63) is 41.5 Å². The zero-order valence-corrected chi connectivity index (χ0v) is 13.9. The molecule has 23 heavy (non-hydrogen) atoms. The molecule has 1 atom stereocenters. The summed E-state index contributed by atoms with van der Waals surface area (Å²) < 4.78 is 0. The molecule has 0 unspecified atom stereocenters. The third-order valence-electron chi connectivity index (χ3n) is 3.52. The highest BCUT2D eigenvalue weighted by Crippen LogP contribution is 2.17. The quantitative estimate of drug-likeness (QED) is 0.541. The first-order valence-corrected chi connectivity index (χ1v) is 7.59. The van der Waals surface area contributed by atoms with Crippen molar-refractivity contribution in [2.24, 2.45) is 0 Å². The minimum atomic E-state index is -0.603. The van der Waals surface area contributed by atoms with E-state index < -0.39 is 6.04 Å². The number of amides is 1. The van der Waals surface area contributed by atoms with Crippen molar-refractivity contribution in [2.45, 2.75) is 39.7 Å². The van der Waals surface area contributed by atoms with E-state index in [1.54, 1.807) is 6.92 Å². The molecule has 0 saturated heterocycles. The Labute approximate surface area is 137 Å². The fraction of sp³-hybridized carbons (Fsp3) is 0.389. The largest absolute Gasteiger partial charge is 0.382 e. The normalized spacial score (nSPS) is 11.4. The summed E-state index contributed by atoms with van der Waals surface area (Å²) in [5, 5.41) is 5.84. The van der Waals surface area contributed by atoms with Gasteiger partial charge in [0.2, 0.25) is 5.91 Å². The van der Waals surface area contributed by atoms with Gasteiger partial charge >= 0.3 is 0 Å². The van der Waals surface area contributed by atoms with E-state index in [1.165, 1.54) is 6.92 Å². The molecule has 2 N–H and O–H groups in total. The Bertz CT molecular complexity index is 608. The van der Waals surface area contributed by atoms with Gasteiger partial charge < -0.3 is 15.4 Å². The van der Waals surface area contributed by atoms with Crippen LogP contribution in [0.5, 0.6) is 0 Å². The summed E-state index contributed by atoms with van der Waals surface area (Å²) >= 11 is 0. The Kier molecular flexibility index (Phi) is 7.19. The van der Waals surface area contributed by atoms with Gasteiger partial charge in [-0.25, -0.2) is 0 Å². The zero-order valence-electron chi connectivity index (χ0n) is 13.9. The summed E-state index contributed by atoms with van der Waals surface area (Å²) in [5.74, 6) is -0.444. The Hall–Kier alpha value is -2.43. The minimum Gasteiger partial charge on any atom is -0.382 e. The van der Waals surface area contributed by atoms with Crippen LogP contribution in [-0.4, -0.2) is 30.6 Å². The highest BCUT2D eigenvalue weighted by Gasteiger charge is 2.17. The van der Waals surface area contributed by atoms with Gasteiger partial charge in [-0.3, -0.25) is 9.59 Å². The maximum Gasteiger partial charge on any atom is 0.246 e. The second-order valence-electron chi connectivity index (χ2n) is 5.65. The van der Waals surface area contributed by atoms with Crippen LogP contribution in [0.25, 0.3) is 0 Å². The van der Waals surface area contributed by atoms with Crippen molar-refractivity contribution >= 4 is 23.7 Å². The van der Waals surface area contributed by atoms with E-state index in [4.69, 9.17) is 0 Å². The van der Waals surface area contributed by atoms with Crippen molar-refractivity contribution in [3.63, 3.8) is 0 Å². The number of ketones is 1. The molecule has 1 aromatic carbocycles. The van der Waals surface area contributed by atoms with Gasteiger partial charge in [-0.05, 0) is 44.4 Å². The van der Waals surface area contributed by atoms with E-state index in [0.717, 1.165) is 29.5 Å². The molecule has 0 saturated carbocycles. The molecule has 0 fully saturated rings. The average Bonchev–Trinajstić information content (AvgIpc) is 2.49. The number of aryl methyl sites for hydroxylation is 2. The van der Waals surface area contributed by atoms with Gasteiger partial charge in [0, 0.05) is 24.2 Å². The van der Waals surface area contributed by atoms with E-state index in [9.17, 15) is 14.4 Å². The van der Waals surface area contributed by atoms with Gasteiger partial charge in [0.05, 0.1) is 0 Å². The number of benzene rings is 1. The van der Waals surface area contributed by atoms with Crippen LogP contribution in [-0.2, 0) is 20.8 Å². The molecule has 1 aromatic rings. The first-order chi connectivity index (χ1) is 10.8. The molecule has 1 rings (SSSR count). The molecule has 124 valence electrons. The Balaban J connectivity index is 2.70. The number of anilines is 1. The number of Topliss-reactive ketones (excluding diaryl/α,β-unsaturated/α-hetero) is 1. The molecular formula is C18H24N2O3. The van der Waals surface area contributed by atoms with Crippen LogP contribution in [0.15, 0.2) is 30.4 Å². The van der Waals surface area contributed by atoms with Crippen molar-refractivity contribution in [2.75, 3.05) is 11.9 Å². The Morgan fingerprint density at radius 2 is 2.00 bits per heavy atom. The Morgan fingerprint density at radius 3 is 2.52 bits per heavy atom. The lowest BCUT2D eigenvalue weighted by Gasteiger charge is -2.18. The number of rotatable bonds is 9. The standard InChI is InChI=1S/C18H24N2O3/c1-12(2)18(23)20-17(14(4)22)11-19-16-8-7-15(6-5-9-21)10-13(16)3/h7-10,17,19H,1,5-6,11H2,2-4H3,(H,20,23)/t17-/m0/s1. The van der Waals surface area contributed by atoms with Gasteiger partial charge in [-0.2, -0.15) is 0 Å². The number of nitrogens with one attached hydrogen (secondary N) is 2. The summed E-state index contributed by atoms with van der Waals surface area (Å²) in [5.41, 5.74) is 3.39. The lowest BCUT2D eigenvalue weighted by atomic mass is 10.1. The van der Waals surface area contributed by atoms with Gasteiger partial charge in [0.25, 0.3) is 0 Å². The molecule has 0 heterocycles. The molecule has 0 bridgehead atoms. The maximum absolute atomic E-state index is 11.7. The minimum absolute atomic E-state index is 0.118. The van der Waals surface area contributed by atoms with E-state index >= 15 is 0 Å². The maximum atomic E-state index is 11.7. The van der Waals surface area contributed by atoms with Crippen LogP contribution in [0.1, 0.15) is 31.4 Å². The molecule has 0 aliphatic rings. The molecule has 0 aliphatic heterocycles. The van der Waals surface area contributed by atoms with E-state index in [2.05, 4.69) is 17.2 Å². The highest BCUT2D eigenvalue weighted by molar-refractivity contribution is 5.96. The van der Waals surface area contributed by atoms with Gasteiger partial charge in [-0.15, -0.1) is 0 Å². The molecule has 0 radical (unpaired) electrons. The molecule has 0 aliphatic carbocycles. The highest BCUT2D eigenvalue weighted by atomic mass is 16.2. The fourth-order valence-corrected chi connectivity index (χ4v) is 2.10. The number of hydrogen-bond acceptors (Lipinski definition) is 4. The SMILES string of the molecule is C=C(C)C(=O)N[C@@H](CNc1ccc(CCC=O)cc1C)C(C)=O. The molecular weight excluding hydrogens is 292 g/mol. The molecule has 5 heteroatoms. The fourth-order valence-electron chi connectivity index (χ4n) is 2.10. The summed E-state index contributed by atoms with van der Waals surface area (Å²) in [6.45, 7) is 8.88. The first-order valence-electron chi connectivity index (χ1n) is 7.59. The van der Waals surface area contributed by atoms with Crippen LogP contribution < -0.4 is 10.6 Å². The van der Waals surface area contributed by atoms with Crippen LogP contribution in [0.2, 0.25) is 0 Å². The monoisotopic (exact) mass is 316 g/mol. The molecule has 5 nitrogen and oxygen atoms in total. The Morgan fingerprint density at radius 1 is 1.30 bits per heavy atom. The number of aldehydes is 1. The van der Waals surface area contributed by atoms with Gasteiger partial charge in [0.15, 0.2) is 5.78 Å². The van der Waals surface area contributed by atoms with Gasteiger partial charge in [0.1, 0.15) is 12.3 Å². The van der Waals surface area contributed by atoms with E-state index in [-0.39, 0.29) is 11.7 Å². The molecule has 0 spiro atoms. The molecule has 1 amide bonds. The van der Waals surface area contributed by atoms with Crippen LogP contribution in [0.4, 0.5) is 5.69 Å². The topological polar surface area (TPSA) is 75.3 Å². The van der Waals surface area contributed by atoms with Crippen LogP contribution in [0.3, 0.4) is 0 Å². The average molecular weight is 316 g/mol. The first kappa shape index (κ1) is 18.6. The van der Waals surface area contributed by atoms with Crippen molar-refractivity contribution in [1.29, 1.82) is 0 Å². The molecule has 0 aromatic heterocycles. The van der Waals surface area contributed by atoms with E-state index in [1.807, 2.05) is 25.1 Å². The van der Waals surface area contributed by atoms with Gasteiger partial charge in [-0.1, -0.05) is 18.7 Å². The third kappa shape index (κ3) is 6.06. The predicted molar refractivity (Wildman–Crippen MR) is 91.5 cm³/mol. The van der Waals surface area contributed by atoms with Crippen molar-refractivity contribution in [1.82, 2.24) is 5.32 Å². The van der Waals surface area contributed by atoms with Crippen molar-refractivity contribution < 1.29 is 14.4 Å². The summed E-state index contributed by atoms with van der Waals surface area (Å²) in [6.07, 6.45) is 2.13. The van der Waals surface area contributed by atoms with Crippen LogP contribution in [0, 0.1) is 6.92 Å². The summed E-state index contributed by atoms with van der Waals surface area (Å²) in [4.78, 5) is 33.7. The second kappa shape index (κ2) is 8.88. The van der Waals surface area contributed by atoms with Crippen molar-refractivity contribution in [3.8, 4) is 0 Å². The number of hydrogen-bond donors (Lipinski definition) is 2. The third-order valence-corrected chi connectivity index (χ3v) is 3.52.